The number of methoxy groups -OCH3 is 1. The van der Waals surface area contributed by atoms with Gasteiger partial charge < -0.3 is 29.0 Å². The second-order valence-electron chi connectivity index (χ2n) is 7.43. The number of hydrogen-bond acceptors (Lipinski definition) is 8. The van der Waals surface area contributed by atoms with E-state index in [0.29, 0.717) is 11.3 Å². The fraction of sp³-hybridized carbons (Fsp3) is 0.556. The maximum absolute atomic E-state index is 13.2. The largest absolute Gasteiger partial charge is 0.467 e. The lowest BCUT2D eigenvalue weighted by atomic mass is 9.84. The van der Waals surface area contributed by atoms with Gasteiger partial charge in [-0.2, -0.15) is 0 Å². The van der Waals surface area contributed by atoms with E-state index in [0.717, 1.165) is 0 Å². The van der Waals surface area contributed by atoms with E-state index in [1.807, 2.05) is 6.07 Å². The van der Waals surface area contributed by atoms with Crippen molar-refractivity contribution in [2.75, 3.05) is 19.0 Å². The first-order chi connectivity index (χ1) is 12.3. The number of Topliss-reactive ketones (excluding diaryl/α,β-unsaturated/α-hetero) is 1. The molecule has 5 rings (SSSR count). The third-order valence-corrected chi connectivity index (χ3v) is 5.46. The molecule has 4 aliphatic heterocycles. The van der Waals surface area contributed by atoms with Crippen molar-refractivity contribution in [3.63, 3.8) is 0 Å². The summed E-state index contributed by atoms with van der Waals surface area (Å²) < 4.78 is 29.1. The van der Waals surface area contributed by atoms with Crippen molar-refractivity contribution >= 4 is 17.4 Å². The van der Waals surface area contributed by atoms with Gasteiger partial charge in [0.05, 0.1) is 13.7 Å². The Morgan fingerprint density at radius 3 is 2.81 bits per heavy atom. The molecule has 5 atom stereocenters. The molecule has 1 aromatic rings. The number of benzene rings is 1. The van der Waals surface area contributed by atoms with Crippen LogP contribution in [0.3, 0.4) is 0 Å². The zero-order valence-corrected chi connectivity index (χ0v) is 14.6. The molecule has 8 heteroatoms. The minimum Gasteiger partial charge on any atom is -0.467 e. The van der Waals surface area contributed by atoms with E-state index in [4.69, 9.17) is 23.7 Å². The van der Waals surface area contributed by atoms with Crippen LogP contribution < -0.4 is 5.32 Å². The number of hydrogen-bond donors (Lipinski definition) is 1. The summed E-state index contributed by atoms with van der Waals surface area (Å²) in [5.74, 6) is -1.96. The van der Waals surface area contributed by atoms with Crippen LogP contribution in [0.4, 0.5) is 5.69 Å². The van der Waals surface area contributed by atoms with E-state index < -0.39 is 41.4 Å². The summed E-state index contributed by atoms with van der Waals surface area (Å²) in [6.45, 7) is 3.53. The van der Waals surface area contributed by atoms with Crippen molar-refractivity contribution in [2.45, 2.75) is 49.3 Å². The summed E-state index contributed by atoms with van der Waals surface area (Å²) in [6.07, 6.45) is -2.31. The predicted octanol–water partition coefficient (Wildman–Crippen LogP) is 0.852. The average molecular weight is 361 g/mol. The van der Waals surface area contributed by atoms with E-state index in [-0.39, 0.29) is 12.4 Å². The first kappa shape index (κ1) is 16.2. The van der Waals surface area contributed by atoms with E-state index in [9.17, 15) is 9.59 Å². The lowest BCUT2D eigenvalue weighted by Crippen LogP contribution is -2.67. The molecule has 0 radical (unpaired) electrons. The molecule has 0 amide bonds. The van der Waals surface area contributed by atoms with Crippen LogP contribution in [0.25, 0.3) is 0 Å². The molecule has 0 aromatic heterocycles. The molecular weight excluding hydrogens is 342 g/mol. The van der Waals surface area contributed by atoms with Gasteiger partial charge in [-0.25, -0.2) is 4.79 Å². The monoisotopic (exact) mass is 361 g/mol. The summed E-state index contributed by atoms with van der Waals surface area (Å²) in [5.41, 5.74) is -2.05. The fourth-order valence-electron chi connectivity index (χ4n) is 4.56. The Kier molecular flexibility index (Phi) is 3.01. The van der Waals surface area contributed by atoms with Gasteiger partial charge in [-0.1, -0.05) is 12.1 Å². The Hall–Kier alpha value is -2.00. The molecule has 4 aliphatic rings. The Labute approximate surface area is 149 Å². The van der Waals surface area contributed by atoms with E-state index in [2.05, 4.69) is 5.32 Å². The Morgan fingerprint density at radius 2 is 2.08 bits per heavy atom. The van der Waals surface area contributed by atoms with Gasteiger partial charge in [0.25, 0.3) is 0 Å². The number of carbonyl (C=O) groups excluding carboxylic acids is 2. The van der Waals surface area contributed by atoms with Crippen LogP contribution in [0.1, 0.15) is 24.2 Å². The van der Waals surface area contributed by atoms with Gasteiger partial charge in [0.2, 0.25) is 17.1 Å². The molecule has 2 bridgehead atoms. The maximum Gasteiger partial charge on any atom is 0.344 e. The Morgan fingerprint density at radius 1 is 1.31 bits per heavy atom. The lowest BCUT2D eigenvalue weighted by Gasteiger charge is -2.42. The van der Waals surface area contributed by atoms with Gasteiger partial charge in [0.1, 0.15) is 12.2 Å². The Balaban J connectivity index is 1.66. The third kappa shape index (κ3) is 1.72. The molecule has 8 nitrogen and oxygen atoms in total. The summed E-state index contributed by atoms with van der Waals surface area (Å²) in [4.78, 5) is 26.1. The Bertz CT molecular complexity index is 824. The van der Waals surface area contributed by atoms with Crippen LogP contribution >= 0.6 is 0 Å². The van der Waals surface area contributed by atoms with E-state index in [1.165, 1.54) is 7.11 Å². The number of anilines is 1. The van der Waals surface area contributed by atoms with Crippen molar-refractivity contribution in [3.8, 4) is 0 Å². The summed E-state index contributed by atoms with van der Waals surface area (Å²) in [6, 6.07) is 7.08. The minimum atomic E-state index is -1.59. The quantitative estimate of drug-likeness (QED) is 0.736. The molecule has 1 aromatic carbocycles. The number of rotatable bonds is 1. The van der Waals surface area contributed by atoms with Crippen LogP contribution in [0.15, 0.2) is 24.3 Å². The highest BCUT2D eigenvalue weighted by Gasteiger charge is 2.79. The van der Waals surface area contributed by atoms with Crippen LogP contribution in [0, 0.1) is 0 Å². The van der Waals surface area contributed by atoms with E-state index in [1.54, 1.807) is 32.0 Å². The van der Waals surface area contributed by atoms with Crippen LogP contribution in [-0.4, -0.2) is 60.9 Å². The second kappa shape index (κ2) is 4.83. The van der Waals surface area contributed by atoms with Crippen molar-refractivity contribution < 1.29 is 33.3 Å². The number of fused-ring (bicyclic) bond motifs is 7. The molecule has 2 unspecified atom stereocenters. The molecule has 3 fully saturated rings. The standard InChI is InChI=1S/C18H19NO7/c1-16(2)25-13-11-8-23-18(12(20)9-6-4-5-7-10(9)19-18)14(24-11)17(13,26-16)15(21)22-3/h4-7,11,13-14,19H,8H2,1-3H3/t11-,13-,14?,17-,18?/m1/s1. The summed E-state index contributed by atoms with van der Waals surface area (Å²) in [7, 11) is 1.28. The highest BCUT2D eigenvalue weighted by atomic mass is 16.8. The first-order valence-corrected chi connectivity index (χ1v) is 8.52. The number of para-hydroxylation sites is 1. The molecule has 0 aliphatic carbocycles. The second-order valence-corrected chi connectivity index (χ2v) is 7.43. The van der Waals surface area contributed by atoms with Gasteiger partial charge in [-0.15, -0.1) is 0 Å². The van der Waals surface area contributed by atoms with Crippen molar-refractivity contribution in [1.82, 2.24) is 0 Å². The number of ketones is 1. The van der Waals surface area contributed by atoms with Gasteiger partial charge in [-0.05, 0) is 26.0 Å². The van der Waals surface area contributed by atoms with Gasteiger partial charge >= 0.3 is 5.97 Å². The maximum atomic E-state index is 13.2. The minimum absolute atomic E-state index is 0.0894. The molecule has 1 spiro atoms. The number of esters is 1. The molecule has 1 N–H and O–H groups in total. The van der Waals surface area contributed by atoms with Gasteiger partial charge in [-0.3, -0.25) is 4.79 Å². The van der Waals surface area contributed by atoms with E-state index >= 15 is 0 Å². The highest BCUT2D eigenvalue weighted by Crippen LogP contribution is 2.55. The van der Waals surface area contributed by atoms with Crippen molar-refractivity contribution in [1.29, 1.82) is 0 Å². The summed E-state index contributed by atoms with van der Waals surface area (Å²) in [5, 5.41) is 3.13. The lowest BCUT2D eigenvalue weighted by molar-refractivity contribution is -0.259. The van der Waals surface area contributed by atoms with Gasteiger partial charge in [0, 0.05) is 11.3 Å². The predicted molar refractivity (Wildman–Crippen MR) is 86.5 cm³/mol. The van der Waals surface area contributed by atoms with Crippen molar-refractivity contribution in [2.24, 2.45) is 0 Å². The summed E-state index contributed by atoms with van der Waals surface area (Å²) >= 11 is 0. The normalized spacial score (nSPS) is 41.7. The SMILES string of the molecule is COC(=O)[C@@]12OC(C)(C)O[C@@H]1[C@H]1COC3(Nc4ccccc4C3=O)C2O1. The molecule has 138 valence electrons. The molecule has 26 heavy (non-hydrogen) atoms. The van der Waals surface area contributed by atoms with Crippen LogP contribution in [0.2, 0.25) is 0 Å². The first-order valence-electron chi connectivity index (χ1n) is 8.52. The van der Waals surface area contributed by atoms with Crippen molar-refractivity contribution in [3.05, 3.63) is 29.8 Å². The molecule has 3 saturated heterocycles. The third-order valence-electron chi connectivity index (χ3n) is 5.46. The topological polar surface area (TPSA) is 92.3 Å². The van der Waals surface area contributed by atoms with Gasteiger partial charge in [0.15, 0.2) is 11.9 Å². The molecule has 0 saturated carbocycles. The fourth-order valence-corrected chi connectivity index (χ4v) is 4.56. The number of carbonyl (C=O) groups is 2. The number of nitrogens with one attached hydrogen (secondary N) is 1. The zero-order chi connectivity index (χ0) is 18.3. The zero-order valence-electron chi connectivity index (χ0n) is 14.6. The number of ether oxygens (including phenoxy) is 5. The smallest absolute Gasteiger partial charge is 0.344 e. The molecular formula is C18H19NO7. The van der Waals surface area contributed by atoms with Crippen LogP contribution in [0.5, 0.6) is 0 Å². The molecule has 4 heterocycles. The highest BCUT2D eigenvalue weighted by molar-refractivity contribution is 6.13. The van der Waals surface area contributed by atoms with Crippen LogP contribution in [-0.2, 0) is 28.5 Å². The average Bonchev–Trinajstić information content (AvgIpc) is 3.16.